The molecule has 0 atom stereocenters. The topological polar surface area (TPSA) is 81.4 Å². The fourth-order valence-corrected chi connectivity index (χ4v) is 3.17. The molecule has 23 heavy (non-hydrogen) atoms. The number of ether oxygens (including phenoxy) is 1. The van der Waals surface area contributed by atoms with Crippen LogP contribution < -0.4 is 10.5 Å². The summed E-state index contributed by atoms with van der Waals surface area (Å²) < 4.78 is 32.1. The van der Waals surface area contributed by atoms with Crippen LogP contribution in [-0.2, 0) is 27.8 Å². The third-order valence-electron chi connectivity index (χ3n) is 3.21. The van der Waals surface area contributed by atoms with Crippen molar-refractivity contribution >= 4 is 28.1 Å². The average Bonchev–Trinajstić information content (AvgIpc) is 2.50. The first kappa shape index (κ1) is 19.4. The largest absolute Gasteiger partial charge is 0.399 e. The average molecular weight is 357 g/mol. The maximum Gasteiger partial charge on any atom is 0.240 e. The molecule has 2 rings (SSSR count). The molecule has 0 fully saturated rings. The van der Waals surface area contributed by atoms with E-state index < -0.39 is 10.0 Å². The molecule has 0 saturated carbocycles. The summed E-state index contributed by atoms with van der Waals surface area (Å²) in [6, 6.07) is 14.1. The van der Waals surface area contributed by atoms with Gasteiger partial charge in [0.05, 0.1) is 11.5 Å². The Morgan fingerprint density at radius 3 is 2.43 bits per heavy atom. The summed E-state index contributed by atoms with van der Waals surface area (Å²) in [7, 11) is -1.93. The van der Waals surface area contributed by atoms with Crippen LogP contribution in [0.5, 0.6) is 0 Å². The van der Waals surface area contributed by atoms with Crippen molar-refractivity contribution in [3.05, 3.63) is 59.7 Å². The number of nitrogens with two attached hydrogens (primary N) is 1. The number of halogens is 1. The number of benzene rings is 2. The number of methoxy groups -OCH3 is 1. The van der Waals surface area contributed by atoms with E-state index in [1.54, 1.807) is 37.4 Å². The summed E-state index contributed by atoms with van der Waals surface area (Å²) in [4.78, 5) is 0.249. The van der Waals surface area contributed by atoms with Gasteiger partial charge in [0, 0.05) is 19.3 Å². The molecule has 3 N–H and O–H groups in total. The van der Waals surface area contributed by atoms with Crippen LogP contribution in [0.15, 0.2) is 53.4 Å². The number of sulfonamides is 1. The van der Waals surface area contributed by atoms with Crippen molar-refractivity contribution in [3.63, 3.8) is 0 Å². The Labute approximate surface area is 143 Å². The van der Waals surface area contributed by atoms with Crippen molar-refractivity contribution in [2.24, 2.45) is 0 Å². The van der Waals surface area contributed by atoms with Gasteiger partial charge in [-0.15, -0.1) is 12.4 Å². The third-order valence-corrected chi connectivity index (χ3v) is 4.66. The molecule has 2 aromatic rings. The summed E-state index contributed by atoms with van der Waals surface area (Å²) in [5.74, 6) is 0. The lowest BCUT2D eigenvalue weighted by atomic mass is 10.1. The Morgan fingerprint density at radius 1 is 1.09 bits per heavy atom. The second kappa shape index (κ2) is 8.88. The Hall–Kier alpha value is -1.60. The molecule has 0 aromatic heterocycles. The zero-order valence-electron chi connectivity index (χ0n) is 12.9. The first-order chi connectivity index (χ1) is 10.5. The monoisotopic (exact) mass is 356 g/mol. The fourth-order valence-electron chi connectivity index (χ4n) is 2.07. The van der Waals surface area contributed by atoms with Crippen LogP contribution in [0.1, 0.15) is 11.1 Å². The zero-order chi connectivity index (χ0) is 16.0. The standard InChI is InChI=1S/C16H20N2O3S.ClH/c1-21-12-14-3-2-4-16(11-14)22(19,20)18-10-9-13-5-7-15(17)8-6-13;/h2-8,11,18H,9-10,12,17H2,1H3;1H. The molecule has 0 saturated heterocycles. The van der Waals surface area contributed by atoms with Crippen molar-refractivity contribution in [2.75, 3.05) is 19.4 Å². The number of nitrogen functional groups attached to an aromatic ring is 1. The van der Waals surface area contributed by atoms with Gasteiger partial charge in [0.25, 0.3) is 0 Å². The highest BCUT2D eigenvalue weighted by Crippen LogP contribution is 2.12. The summed E-state index contributed by atoms with van der Waals surface area (Å²) in [5, 5.41) is 0. The maximum absolute atomic E-state index is 12.3. The molecule has 126 valence electrons. The zero-order valence-corrected chi connectivity index (χ0v) is 14.5. The molecule has 0 aliphatic rings. The van der Waals surface area contributed by atoms with E-state index in [0.29, 0.717) is 25.3 Å². The van der Waals surface area contributed by atoms with Gasteiger partial charge >= 0.3 is 0 Å². The minimum atomic E-state index is -3.51. The van der Waals surface area contributed by atoms with Crippen LogP contribution >= 0.6 is 12.4 Å². The van der Waals surface area contributed by atoms with Gasteiger partial charge in [0.1, 0.15) is 0 Å². The van der Waals surface area contributed by atoms with Crippen molar-refractivity contribution in [2.45, 2.75) is 17.9 Å². The van der Waals surface area contributed by atoms with E-state index >= 15 is 0 Å². The molecule has 0 radical (unpaired) electrons. The molecule has 5 nitrogen and oxygen atoms in total. The lowest BCUT2D eigenvalue weighted by Gasteiger charge is -2.08. The molecule has 0 spiro atoms. The van der Waals surface area contributed by atoms with E-state index in [9.17, 15) is 8.42 Å². The Kier molecular flexibility index (Phi) is 7.51. The summed E-state index contributed by atoms with van der Waals surface area (Å²) in [5.41, 5.74) is 8.17. The summed E-state index contributed by atoms with van der Waals surface area (Å²) in [6.45, 7) is 0.718. The van der Waals surface area contributed by atoms with Crippen LogP contribution in [0.3, 0.4) is 0 Å². The molecule has 0 aliphatic carbocycles. The molecule has 0 amide bonds. The van der Waals surface area contributed by atoms with Gasteiger partial charge in [-0.05, 0) is 41.8 Å². The predicted molar refractivity (Wildman–Crippen MR) is 94.1 cm³/mol. The smallest absolute Gasteiger partial charge is 0.240 e. The molecule has 2 aromatic carbocycles. The molecular weight excluding hydrogens is 336 g/mol. The number of rotatable bonds is 7. The third kappa shape index (κ3) is 5.84. The van der Waals surface area contributed by atoms with Crippen molar-refractivity contribution in [1.82, 2.24) is 4.72 Å². The minimum Gasteiger partial charge on any atom is -0.399 e. The van der Waals surface area contributed by atoms with Gasteiger partial charge in [-0.25, -0.2) is 13.1 Å². The molecule has 7 heteroatoms. The van der Waals surface area contributed by atoms with E-state index in [1.165, 1.54) is 0 Å². The first-order valence-electron chi connectivity index (χ1n) is 6.93. The lowest BCUT2D eigenvalue weighted by molar-refractivity contribution is 0.184. The second-order valence-corrected chi connectivity index (χ2v) is 6.74. The van der Waals surface area contributed by atoms with E-state index in [0.717, 1.165) is 11.1 Å². The molecular formula is C16H21ClN2O3S. The Balaban J connectivity index is 0.00000264. The minimum absolute atomic E-state index is 0. The van der Waals surface area contributed by atoms with Gasteiger partial charge in [-0.2, -0.15) is 0 Å². The van der Waals surface area contributed by atoms with Gasteiger partial charge in [0.15, 0.2) is 0 Å². The van der Waals surface area contributed by atoms with Crippen LogP contribution in [0.4, 0.5) is 5.69 Å². The van der Waals surface area contributed by atoms with Gasteiger partial charge in [-0.3, -0.25) is 0 Å². The van der Waals surface area contributed by atoms with E-state index in [2.05, 4.69) is 4.72 Å². The quantitative estimate of drug-likeness (QED) is 0.746. The van der Waals surface area contributed by atoms with Crippen LogP contribution in [0.25, 0.3) is 0 Å². The Bertz CT molecular complexity index is 718. The number of nitrogens with one attached hydrogen (secondary N) is 1. The van der Waals surface area contributed by atoms with Crippen LogP contribution in [-0.4, -0.2) is 22.1 Å². The highest BCUT2D eigenvalue weighted by atomic mass is 35.5. The molecule has 0 aliphatic heterocycles. The maximum atomic E-state index is 12.3. The van der Waals surface area contributed by atoms with E-state index in [1.807, 2.05) is 18.2 Å². The summed E-state index contributed by atoms with van der Waals surface area (Å²) in [6.07, 6.45) is 0.608. The normalized spacial score (nSPS) is 11.0. The molecule has 0 unspecified atom stereocenters. The van der Waals surface area contributed by atoms with Crippen LogP contribution in [0, 0.1) is 0 Å². The highest BCUT2D eigenvalue weighted by molar-refractivity contribution is 7.89. The SMILES string of the molecule is COCc1cccc(S(=O)(=O)NCCc2ccc(N)cc2)c1.Cl. The van der Waals surface area contributed by atoms with Gasteiger partial charge in [-0.1, -0.05) is 24.3 Å². The van der Waals surface area contributed by atoms with E-state index in [4.69, 9.17) is 10.5 Å². The van der Waals surface area contributed by atoms with Crippen molar-refractivity contribution in [3.8, 4) is 0 Å². The van der Waals surface area contributed by atoms with Crippen molar-refractivity contribution < 1.29 is 13.2 Å². The Morgan fingerprint density at radius 2 is 1.78 bits per heavy atom. The highest BCUT2D eigenvalue weighted by Gasteiger charge is 2.13. The number of hydrogen-bond acceptors (Lipinski definition) is 4. The lowest BCUT2D eigenvalue weighted by Crippen LogP contribution is -2.26. The first-order valence-corrected chi connectivity index (χ1v) is 8.41. The predicted octanol–water partition coefficient (Wildman–Crippen LogP) is 2.36. The number of anilines is 1. The van der Waals surface area contributed by atoms with Crippen LogP contribution in [0.2, 0.25) is 0 Å². The summed E-state index contributed by atoms with van der Waals surface area (Å²) >= 11 is 0. The van der Waals surface area contributed by atoms with E-state index in [-0.39, 0.29) is 17.3 Å². The number of hydrogen-bond donors (Lipinski definition) is 2. The van der Waals surface area contributed by atoms with Gasteiger partial charge in [0.2, 0.25) is 10.0 Å². The molecule has 0 bridgehead atoms. The molecule has 0 heterocycles. The van der Waals surface area contributed by atoms with Gasteiger partial charge < -0.3 is 10.5 Å². The second-order valence-electron chi connectivity index (χ2n) is 4.97. The van der Waals surface area contributed by atoms with Crippen molar-refractivity contribution in [1.29, 1.82) is 0 Å². The fraction of sp³-hybridized carbons (Fsp3) is 0.250.